The lowest BCUT2D eigenvalue weighted by molar-refractivity contribution is 0.475. The average Bonchev–Trinajstić information content (AvgIpc) is 2.79. The first-order valence-corrected chi connectivity index (χ1v) is 9.97. The van der Waals surface area contributed by atoms with Crippen LogP contribution >= 0.6 is 0 Å². The first kappa shape index (κ1) is 19.5. The van der Waals surface area contributed by atoms with Crippen LogP contribution in [0, 0.1) is 0 Å². The van der Waals surface area contributed by atoms with Crippen LogP contribution in [-0.4, -0.2) is 11.3 Å². The minimum Gasteiger partial charge on any atom is -0.507 e. The van der Waals surface area contributed by atoms with E-state index in [-0.39, 0.29) is 11.8 Å². The molecular weight excluding hydrogens is 368 g/mol. The maximum absolute atomic E-state index is 10.3. The van der Waals surface area contributed by atoms with Crippen molar-refractivity contribution < 1.29 is 5.11 Å². The van der Waals surface area contributed by atoms with E-state index in [0.29, 0.717) is 5.56 Å². The summed E-state index contributed by atoms with van der Waals surface area (Å²) < 4.78 is 0. The van der Waals surface area contributed by atoms with E-state index >= 15 is 0 Å². The molecule has 0 fully saturated rings. The van der Waals surface area contributed by atoms with E-state index < -0.39 is 0 Å². The van der Waals surface area contributed by atoms with Gasteiger partial charge in [0.05, 0.1) is 5.69 Å². The van der Waals surface area contributed by atoms with Crippen LogP contribution in [-0.2, 0) is 0 Å². The van der Waals surface area contributed by atoms with Gasteiger partial charge in [-0.15, -0.1) is 0 Å². The summed E-state index contributed by atoms with van der Waals surface area (Å²) in [6.07, 6.45) is 1.72. The van der Waals surface area contributed by atoms with Gasteiger partial charge in [-0.2, -0.15) is 0 Å². The van der Waals surface area contributed by atoms with Gasteiger partial charge in [0.25, 0.3) is 0 Å². The predicted molar refractivity (Wildman–Crippen MR) is 126 cm³/mol. The van der Waals surface area contributed by atoms with Crippen molar-refractivity contribution in [3.63, 3.8) is 0 Å². The van der Waals surface area contributed by atoms with Crippen molar-refractivity contribution in [2.75, 3.05) is 0 Å². The lowest BCUT2D eigenvalue weighted by atomic mass is 10.0. The quantitative estimate of drug-likeness (QED) is 0.362. The van der Waals surface area contributed by atoms with Gasteiger partial charge in [-0.05, 0) is 47.0 Å². The van der Waals surface area contributed by atoms with Gasteiger partial charge in [-0.3, -0.25) is 4.99 Å². The molecule has 0 aliphatic rings. The molecular formula is C27H24N2O. The zero-order chi connectivity index (χ0) is 20.9. The number of benzene rings is 4. The molecule has 4 aromatic carbocycles. The number of hydrogen-bond donors (Lipinski definition) is 2. The highest BCUT2D eigenvalue weighted by molar-refractivity contribution is 6.03. The SMILES string of the molecule is C=C(NC(C)c1ccccc1)c1cccc(N=Cc2c(O)ccc3ccccc23)c1. The number of phenols is 1. The number of nitrogens with zero attached hydrogens (tertiary/aromatic N) is 1. The van der Waals surface area contributed by atoms with E-state index in [1.165, 1.54) is 5.56 Å². The Hall–Kier alpha value is -3.85. The van der Waals surface area contributed by atoms with Crippen LogP contribution in [0.25, 0.3) is 16.5 Å². The van der Waals surface area contributed by atoms with Gasteiger partial charge < -0.3 is 10.4 Å². The molecule has 30 heavy (non-hydrogen) atoms. The molecule has 0 spiro atoms. The van der Waals surface area contributed by atoms with E-state index in [2.05, 4.69) is 35.9 Å². The molecule has 0 aromatic heterocycles. The van der Waals surface area contributed by atoms with Gasteiger partial charge in [0.2, 0.25) is 0 Å². The van der Waals surface area contributed by atoms with Gasteiger partial charge in [0.1, 0.15) is 5.75 Å². The molecule has 0 radical (unpaired) electrons. The highest BCUT2D eigenvalue weighted by Crippen LogP contribution is 2.27. The summed E-state index contributed by atoms with van der Waals surface area (Å²) in [4.78, 5) is 4.61. The van der Waals surface area contributed by atoms with Crippen LogP contribution in [0.3, 0.4) is 0 Å². The molecule has 4 aromatic rings. The second-order valence-electron chi connectivity index (χ2n) is 7.28. The normalized spacial score (nSPS) is 12.2. The van der Waals surface area contributed by atoms with Crippen molar-refractivity contribution in [1.82, 2.24) is 5.32 Å². The standard InChI is InChI=1S/C27H24N2O/c1-19(21-9-4-3-5-10-21)29-20(2)23-12-8-13-24(17-23)28-18-26-25-14-7-6-11-22(25)15-16-27(26)30/h3-19,29-30H,2H2,1H3. The molecule has 1 atom stereocenters. The molecule has 3 nitrogen and oxygen atoms in total. The molecule has 0 aliphatic heterocycles. The summed E-state index contributed by atoms with van der Waals surface area (Å²) in [6.45, 7) is 6.32. The van der Waals surface area contributed by atoms with E-state index in [9.17, 15) is 5.11 Å². The Labute approximate surface area is 177 Å². The molecule has 0 bridgehead atoms. The molecule has 0 amide bonds. The van der Waals surface area contributed by atoms with Crippen LogP contribution in [0.1, 0.15) is 29.7 Å². The summed E-state index contributed by atoms with van der Waals surface area (Å²) >= 11 is 0. The molecule has 0 saturated heterocycles. The smallest absolute Gasteiger partial charge is 0.124 e. The monoisotopic (exact) mass is 392 g/mol. The Balaban J connectivity index is 1.56. The molecule has 3 heteroatoms. The topological polar surface area (TPSA) is 44.6 Å². The Bertz CT molecular complexity index is 1210. The van der Waals surface area contributed by atoms with Crippen molar-refractivity contribution in [1.29, 1.82) is 0 Å². The Kier molecular flexibility index (Phi) is 5.62. The highest BCUT2D eigenvalue weighted by Gasteiger charge is 2.08. The second kappa shape index (κ2) is 8.66. The number of phenolic OH excluding ortho intramolecular Hbond substituents is 1. The number of fused-ring (bicyclic) bond motifs is 1. The maximum atomic E-state index is 10.3. The van der Waals surface area contributed by atoms with Gasteiger partial charge in [0, 0.05) is 23.5 Å². The number of aliphatic imine (C=N–C) groups is 1. The Morgan fingerprint density at radius 3 is 2.53 bits per heavy atom. The summed E-state index contributed by atoms with van der Waals surface area (Å²) in [6, 6.07) is 29.9. The minimum atomic E-state index is 0.151. The molecule has 1 unspecified atom stereocenters. The summed E-state index contributed by atoms with van der Waals surface area (Å²) in [5.74, 6) is 0.219. The van der Waals surface area contributed by atoms with Crippen LogP contribution in [0.15, 0.2) is 103 Å². The van der Waals surface area contributed by atoms with Crippen molar-refractivity contribution in [3.8, 4) is 5.75 Å². The van der Waals surface area contributed by atoms with Crippen molar-refractivity contribution >= 4 is 28.4 Å². The third-order valence-corrected chi connectivity index (χ3v) is 5.18. The van der Waals surface area contributed by atoms with Crippen LogP contribution in [0.2, 0.25) is 0 Å². The summed E-state index contributed by atoms with van der Waals surface area (Å²) in [7, 11) is 0. The van der Waals surface area contributed by atoms with Crippen molar-refractivity contribution in [3.05, 3.63) is 114 Å². The number of aromatic hydroxyl groups is 1. The molecule has 0 saturated carbocycles. The van der Waals surface area contributed by atoms with Crippen molar-refractivity contribution in [2.45, 2.75) is 13.0 Å². The van der Waals surface area contributed by atoms with Crippen LogP contribution < -0.4 is 5.32 Å². The van der Waals surface area contributed by atoms with E-state index in [1.54, 1.807) is 12.3 Å². The zero-order valence-corrected chi connectivity index (χ0v) is 16.9. The maximum Gasteiger partial charge on any atom is 0.124 e. The average molecular weight is 393 g/mol. The highest BCUT2D eigenvalue weighted by atomic mass is 16.3. The first-order chi connectivity index (χ1) is 14.6. The van der Waals surface area contributed by atoms with Gasteiger partial charge >= 0.3 is 0 Å². The molecule has 4 rings (SSSR count). The Morgan fingerprint density at radius 2 is 1.70 bits per heavy atom. The Morgan fingerprint density at radius 1 is 0.933 bits per heavy atom. The molecule has 0 heterocycles. The fourth-order valence-electron chi connectivity index (χ4n) is 3.50. The minimum absolute atomic E-state index is 0.151. The zero-order valence-electron chi connectivity index (χ0n) is 16.9. The van der Waals surface area contributed by atoms with Crippen LogP contribution in [0.5, 0.6) is 5.75 Å². The second-order valence-corrected chi connectivity index (χ2v) is 7.28. The molecule has 2 N–H and O–H groups in total. The summed E-state index contributed by atoms with van der Waals surface area (Å²) in [5.41, 5.74) is 4.55. The largest absolute Gasteiger partial charge is 0.507 e. The molecule has 0 aliphatic carbocycles. The fraction of sp³-hybridized carbons (Fsp3) is 0.0741. The van der Waals surface area contributed by atoms with Gasteiger partial charge in [0.15, 0.2) is 0 Å². The number of rotatable bonds is 6. The lowest BCUT2D eigenvalue weighted by Gasteiger charge is -2.18. The third-order valence-electron chi connectivity index (χ3n) is 5.18. The third kappa shape index (κ3) is 4.26. The predicted octanol–water partition coefficient (Wildman–Crippen LogP) is 6.62. The summed E-state index contributed by atoms with van der Waals surface area (Å²) in [5, 5.41) is 15.8. The fourth-order valence-corrected chi connectivity index (χ4v) is 3.50. The van der Waals surface area contributed by atoms with E-state index in [1.807, 2.05) is 72.8 Å². The number of hydrogen-bond acceptors (Lipinski definition) is 3. The lowest BCUT2D eigenvalue weighted by Crippen LogP contribution is -2.16. The van der Waals surface area contributed by atoms with Gasteiger partial charge in [-0.25, -0.2) is 0 Å². The van der Waals surface area contributed by atoms with Crippen molar-refractivity contribution in [2.24, 2.45) is 4.99 Å². The van der Waals surface area contributed by atoms with Gasteiger partial charge in [-0.1, -0.05) is 79.4 Å². The van der Waals surface area contributed by atoms with E-state index in [4.69, 9.17) is 0 Å². The number of nitrogens with one attached hydrogen (secondary N) is 1. The molecule has 148 valence electrons. The van der Waals surface area contributed by atoms with Crippen LogP contribution in [0.4, 0.5) is 5.69 Å². The van der Waals surface area contributed by atoms with E-state index in [0.717, 1.165) is 27.7 Å². The first-order valence-electron chi connectivity index (χ1n) is 9.97.